The van der Waals surface area contributed by atoms with Crippen LogP contribution in [-0.4, -0.2) is 18.0 Å². The van der Waals surface area contributed by atoms with E-state index in [1.807, 2.05) is 0 Å². The smallest absolute Gasteiger partial charge is 0.0200 e. The normalized spacial score (nSPS) is 21.6. The number of rotatable bonds is 3. The second-order valence-electron chi connectivity index (χ2n) is 4.64. The second-order valence-corrected chi connectivity index (χ2v) is 4.64. The van der Waals surface area contributed by atoms with E-state index in [-0.39, 0.29) is 0 Å². The van der Waals surface area contributed by atoms with E-state index in [0.717, 1.165) is 5.92 Å². The molecule has 1 nitrogen and oxygen atoms in total. The Morgan fingerprint density at radius 1 is 1.31 bits per heavy atom. The van der Waals surface area contributed by atoms with Gasteiger partial charge in [0.2, 0.25) is 0 Å². The van der Waals surface area contributed by atoms with Crippen molar-refractivity contribution in [2.24, 2.45) is 5.92 Å². The van der Waals surface area contributed by atoms with Crippen LogP contribution < -0.4 is 0 Å². The quantitative estimate of drug-likeness (QED) is 0.741. The van der Waals surface area contributed by atoms with Gasteiger partial charge < -0.3 is 4.90 Å². The lowest BCUT2D eigenvalue weighted by molar-refractivity contribution is 0.231. The molecule has 0 bridgehead atoms. The Morgan fingerprint density at radius 3 is 2.88 bits per heavy atom. The topological polar surface area (TPSA) is 3.24 Å². The first-order valence-corrected chi connectivity index (χ1v) is 6.36. The Morgan fingerprint density at radius 2 is 2.12 bits per heavy atom. The number of hydrogen-bond acceptors (Lipinski definition) is 1. The largest absolute Gasteiger partial charge is 0.377 e. The van der Waals surface area contributed by atoms with Crippen molar-refractivity contribution in [3.8, 4) is 0 Å². The van der Waals surface area contributed by atoms with Gasteiger partial charge in [-0.3, -0.25) is 0 Å². The highest BCUT2D eigenvalue weighted by Crippen LogP contribution is 2.19. The van der Waals surface area contributed by atoms with Gasteiger partial charge in [-0.1, -0.05) is 43.7 Å². The third kappa shape index (κ3) is 3.13. The maximum Gasteiger partial charge on any atom is 0.0200 e. The number of piperidine rings is 1. The van der Waals surface area contributed by atoms with Gasteiger partial charge in [0, 0.05) is 13.1 Å². The zero-order valence-corrected chi connectivity index (χ0v) is 10.1. The molecule has 1 fully saturated rings. The molecular formula is C15H21N. The predicted molar refractivity (Wildman–Crippen MR) is 70.1 cm³/mol. The average molecular weight is 215 g/mol. The van der Waals surface area contributed by atoms with E-state index in [2.05, 4.69) is 54.4 Å². The molecule has 0 radical (unpaired) electrons. The third-order valence-corrected chi connectivity index (χ3v) is 3.41. The van der Waals surface area contributed by atoms with Gasteiger partial charge in [-0.05, 0) is 36.6 Å². The molecule has 16 heavy (non-hydrogen) atoms. The molecule has 1 saturated heterocycles. The molecule has 0 spiro atoms. The van der Waals surface area contributed by atoms with Crippen LogP contribution in [0.1, 0.15) is 31.7 Å². The second kappa shape index (κ2) is 5.74. The maximum absolute atomic E-state index is 2.46. The molecule has 0 aliphatic carbocycles. The summed E-state index contributed by atoms with van der Waals surface area (Å²) >= 11 is 0. The van der Waals surface area contributed by atoms with E-state index in [9.17, 15) is 0 Å². The van der Waals surface area contributed by atoms with Crippen molar-refractivity contribution < 1.29 is 0 Å². The fraction of sp³-hybridized carbons (Fsp3) is 0.467. The summed E-state index contributed by atoms with van der Waals surface area (Å²) in [6.45, 7) is 4.76. The van der Waals surface area contributed by atoms with E-state index >= 15 is 0 Å². The van der Waals surface area contributed by atoms with Crippen LogP contribution in [0.2, 0.25) is 0 Å². The van der Waals surface area contributed by atoms with Crippen LogP contribution in [0, 0.1) is 5.92 Å². The number of likely N-dealkylation sites (tertiary alicyclic amines) is 1. The fourth-order valence-electron chi connectivity index (χ4n) is 2.32. The van der Waals surface area contributed by atoms with Gasteiger partial charge in [0.1, 0.15) is 0 Å². The van der Waals surface area contributed by atoms with Crippen molar-refractivity contribution in [2.75, 3.05) is 13.1 Å². The summed E-state index contributed by atoms with van der Waals surface area (Å²) in [6.07, 6.45) is 8.55. The van der Waals surface area contributed by atoms with Gasteiger partial charge in [0.05, 0.1) is 0 Å². The minimum atomic E-state index is 0.897. The first kappa shape index (κ1) is 11.3. The average Bonchev–Trinajstić information content (AvgIpc) is 2.38. The number of hydrogen-bond donors (Lipinski definition) is 0. The summed E-state index contributed by atoms with van der Waals surface area (Å²) in [5.41, 5.74) is 1.29. The van der Waals surface area contributed by atoms with E-state index in [0.29, 0.717) is 0 Å². The molecule has 86 valence electrons. The van der Waals surface area contributed by atoms with Crippen LogP contribution >= 0.6 is 0 Å². The first-order chi connectivity index (χ1) is 7.88. The van der Waals surface area contributed by atoms with Crippen LogP contribution in [0.4, 0.5) is 0 Å². The lowest BCUT2D eigenvalue weighted by Gasteiger charge is -2.31. The summed E-state index contributed by atoms with van der Waals surface area (Å²) in [5, 5.41) is 0. The van der Waals surface area contributed by atoms with Crippen LogP contribution in [0.5, 0.6) is 0 Å². The Kier molecular flexibility index (Phi) is 4.03. The van der Waals surface area contributed by atoms with Gasteiger partial charge in [-0.25, -0.2) is 0 Å². The molecule has 1 aliphatic rings. The van der Waals surface area contributed by atoms with Crippen molar-refractivity contribution in [2.45, 2.75) is 26.2 Å². The molecule has 1 unspecified atom stereocenters. The lowest BCUT2D eigenvalue weighted by atomic mass is 9.96. The van der Waals surface area contributed by atoms with Crippen LogP contribution in [0.15, 0.2) is 36.5 Å². The molecule has 1 atom stereocenters. The predicted octanol–water partition coefficient (Wildman–Crippen LogP) is 3.78. The third-order valence-electron chi connectivity index (χ3n) is 3.41. The molecule has 1 heteroatoms. The molecule has 0 saturated carbocycles. The van der Waals surface area contributed by atoms with E-state index in [4.69, 9.17) is 0 Å². The summed E-state index contributed by atoms with van der Waals surface area (Å²) in [7, 11) is 0. The molecule has 1 heterocycles. The summed E-state index contributed by atoms with van der Waals surface area (Å²) in [6, 6.07) is 10.5. The number of nitrogens with zero attached hydrogens (tertiary/aromatic N) is 1. The minimum Gasteiger partial charge on any atom is -0.377 e. The Hall–Kier alpha value is -1.24. The highest BCUT2D eigenvalue weighted by molar-refractivity contribution is 5.48. The summed E-state index contributed by atoms with van der Waals surface area (Å²) in [4.78, 5) is 2.46. The van der Waals surface area contributed by atoms with Crippen molar-refractivity contribution in [3.05, 3.63) is 42.1 Å². The monoisotopic (exact) mass is 215 g/mol. The van der Waals surface area contributed by atoms with E-state index in [1.165, 1.54) is 37.9 Å². The maximum atomic E-state index is 2.46. The van der Waals surface area contributed by atoms with Gasteiger partial charge >= 0.3 is 0 Å². The standard InChI is InChI=1S/C15H21N/c1-2-14-9-6-11-16(13-14)12-10-15-7-4-3-5-8-15/h3-5,7-8,10,12,14H,2,6,9,11,13H2,1H3. The SMILES string of the molecule is CCC1CCCN(C=Cc2ccccc2)C1. The van der Waals surface area contributed by atoms with Gasteiger partial charge in [-0.15, -0.1) is 0 Å². The first-order valence-electron chi connectivity index (χ1n) is 6.36. The van der Waals surface area contributed by atoms with Crippen LogP contribution in [0.25, 0.3) is 6.08 Å². The van der Waals surface area contributed by atoms with E-state index < -0.39 is 0 Å². The summed E-state index contributed by atoms with van der Waals surface area (Å²) < 4.78 is 0. The zero-order chi connectivity index (χ0) is 11.2. The van der Waals surface area contributed by atoms with E-state index in [1.54, 1.807) is 0 Å². The fourth-order valence-corrected chi connectivity index (χ4v) is 2.32. The Bertz CT molecular complexity index is 329. The van der Waals surface area contributed by atoms with Crippen LogP contribution in [-0.2, 0) is 0 Å². The number of benzene rings is 1. The summed E-state index contributed by atoms with van der Waals surface area (Å²) in [5.74, 6) is 0.897. The van der Waals surface area contributed by atoms with Gasteiger partial charge in [-0.2, -0.15) is 0 Å². The van der Waals surface area contributed by atoms with Gasteiger partial charge in [0.15, 0.2) is 0 Å². The van der Waals surface area contributed by atoms with Crippen molar-refractivity contribution >= 4 is 6.08 Å². The highest BCUT2D eigenvalue weighted by atomic mass is 15.1. The molecule has 1 aromatic carbocycles. The highest BCUT2D eigenvalue weighted by Gasteiger charge is 2.15. The lowest BCUT2D eigenvalue weighted by Crippen LogP contribution is -2.30. The molecule has 0 amide bonds. The van der Waals surface area contributed by atoms with Crippen molar-refractivity contribution in [1.82, 2.24) is 4.90 Å². The van der Waals surface area contributed by atoms with Crippen molar-refractivity contribution in [1.29, 1.82) is 0 Å². The van der Waals surface area contributed by atoms with Crippen LogP contribution in [0.3, 0.4) is 0 Å². The molecule has 2 rings (SSSR count). The molecule has 1 aliphatic heterocycles. The van der Waals surface area contributed by atoms with Gasteiger partial charge in [0.25, 0.3) is 0 Å². The zero-order valence-electron chi connectivity index (χ0n) is 10.1. The molecule has 0 aromatic heterocycles. The Labute approximate surface area is 98.8 Å². The Balaban J connectivity index is 1.91. The molecule has 0 N–H and O–H groups in total. The molecular weight excluding hydrogens is 194 g/mol. The molecule has 1 aromatic rings. The van der Waals surface area contributed by atoms with Crippen molar-refractivity contribution in [3.63, 3.8) is 0 Å². The minimum absolute atomic E-state index is 0.897.